The lowest BCUT2D eigenvalue weighted by Crippen LogP contribution is -1.73. The number of hydrogen-bond acceptors (Lipinski definition) is 3. The van der Waals surface area contributed by atoms with Crippen molar-refractivity contribution in [3.8, 4) is 0 Å². The third-order valence-electron chi connectivity index (χ3n) is 1.26. The van der Waals surface area contributed by atoms with Crippen LogP contribution < -0.4 is 0 Å². The van der Waals surface area contributed by atoms with Gasteiger partial charge in [0.2, 0.25) is 0 Å². The minimum Gasteiger partial charge on any atom is -0.0826 e. The molecule has 0 saturated heterocycles. The van der Waals surface area contributed by atoms with E-state index in [0.717, 1.165) is 0 Å². The molecule has 0 heterocycles. The van der Waals surface area contributed by atoms with Gasteiger partial charge in [-0.1, -0.05) is 48.3 Å². The van der Waals surface area contributed by atoms with Crippen molar-refractivity contribution < 1.29 is 0 Å². The van der Waals surface area contributed by atoms with E-state index in [1.807, 2.05) is 31.4 Å². The first-order chi connectivity index (χ1) is 5.41. The van der Waals surface area contributed by atoms with Crippen LogP contribution in [-0.4, -0.2) is 11.5 Å². The predicted molar refractivity (Wildman–Crippen MR) is 62.3 cm³/mol. The molecule has 0 nitrogen and oxygen atoms in total. The lowest BCUT2D eigenvalue weighted by molar-refractivity contribution is 0.898. The van der Waals surface area contributed by atoms with Crippen molar-refractivity contribution in [1.29, 1.82) is 0 Å². The fraction of sp³-hybridized carbons (Fsp3) is 1.00. The summed E-state index contributed by atoms with van der Waals surface area (Å²) in [6, 6.07) is 0. The molecule has 68 valence electrons. The summed E-state index contributed by atoms with van der Waals surface area (Å²) in [6.45, 7) is 4.49. The van der Waals surface area contributed by atoms with E-state index in [1.54, 1.807) is 0 Å². The van der Waals surface area contributed by atoms with Crippen molar-refractivity contribution in [1.82, 2.24) is 0 Å². The Hall–Kier alpha value is 1.05. The lowest BCUT2D eigenvalue weighted by Gasteiger charge is -1.97. The van der Waals surface area contributed by atoms with Crippen molar-refractivity contribution >= 4 is 31.4 Å². The van der Waals surface area contributed by atoms with E-state index in [-0.39, 0.29) is 0 Å². The highest BCUT2D eigenvalue weighted by molar-refractivity contribution is 9.09. The second-order valence-corrected chi connectivity index (χ2v) is 6.89. The summed E-state index contributed by atoms with van der Waals surface area (Å²) in [5.41, 5.74) is 0. The molecule has 0 aromatic heterocycles. The van der Waals surface area contributed by atoms with E-state index in [2.05, 4.69) is 13.8 Å². The number of rotatable bonds is 8. The highest BCUT2D eigenvalue weighted by Crippen LogP contribution is 2.35. The molecular weight excluding hydrogens is 192 g/mol. The summed E-state index contributed by atoms with van der Waals surface area (Å²) in [4.78, 5) is 0. The third kappa shape index (κ3) is 11.0. The number of hydrogen-bond donors (Lipinski definition) is 0. The van der Waals surface area contributed by atoms with Crippen molar-refractivity contribution in [3.63, 3.8) is 0 Å². The molecule has 3 heteroatoms. The van der Waals surface area contributed by atoms with Gasteiger partial charge in [0.25, 0.3) is 0 Å². The maximum atomic E-state index is 2.25. The summed E-state index contributed by atoms with van der Waals surface area (Å²) in [7, 11) is 5.98. The standard InChI is InChI=1S/C8H18S3/c1-3-5-7-9-11-10-8-6-4-2/h3-8H2,1-2H3. The molecule has 0 aromatic rings. The van der Waals surface area contributed by atoms with Gasteiger partial charge >= 0.3 is 0 Å². The smallest absolute Gasteiger partial charge is 0.00450 e. The average molecular weight is 210 g/mol. The zero-order chi connectivity index (χ0) is 8.36. The highest BCUT2D eigenvalue weighted by Gasteiger charge is 1.90. The Kier molecular flexibility index (Phi) is 12.1. The molecule has 0 rings (SSSR count). The van der Waals surface area contributed by atoms with Gasteiger partial charge in [-0.2, -0.15) is 0 Å². The van der Waals surface area contributed by atoms with Crippen LogP contribution in [0.5, 0.6) is 0 Å². The maximum Gasteiger partial charge on any atom is 0.00450 e. The van der Waals surface area contributed by atoms with Crippen LogP contribution in [0.3, 0.4) is 0 Å². The molecule has 11 heavy (non-hydrogen) atoms. The lowest BCUT2D eigenvalue weighted by atomic mass is 10.4. The highest BCUT2D eigenvalue weighted by atomic mass is 33.5. The van der Waals surface area contributed by atoms with Gasteiger partial charge in [-0.15, -0.1) is 0 Å². The Bertz CT molecular complexity index is 58.4. The van der Waals surface area contributed by atoms with E-state index in [0.29, 0.717) is 0 Å². The predicted octanol–water partition coefficient (Wildman–Crippen LogP) is 4.62. The molecule has 0 N–H and O–H groups in total. The monoisotopic (exact) mass is 210 g/mol. The van der Waals surface area contributed by atoms with Crippen LogP contribution in [0.25, 0.3) is 0 Å². The van der Waals surface area contributed by atoms with Gasteiger partial charge in [-0.25, -0.2) is 0 Å². The largest absolute Gasteiger partial charge is 0.0826 e. The normalized spacial score (nSPS) is 10.4. The molecular formula is C8H18S3. The first-order valence-electron chi connectivity index (χ1n) is 4.32. The molecule has 0 spiro atoms. The van der Waals surface area contributed by atoms with Gasteiger partial charge in [-0.05, 0) is 22.7 Å². The Labute approximate surface area is 82.5 Å². The molecule has 0 bridgehead atoms. The van der Waals surface area contributed by atoms with E-state index < -0.39 is 0 Å². The quantitative estimate of drug-likeness (QED) is 0.424. The Morgan fingerprint density at radius 1 is 0.818 bits per heavy atom. The third-order valence-corrected chi connectivity index (χ3v) is 5.67. The van der Waals surface area contributed by atoms with Crippen LogP contribution in [0.4, 0.5) is 0 Å². The van der Waals surface area contributed by atoms with Crippen molar-refractivity contribution in [2.75, 3.05) is 11.5 Å². The minimum atomic E-state index is 1.32. The molecule has 0 aliphatic carbocycles. The van der Waals surface area contributed by atoms with E-state index >= 15 is 0 Å². The molecule has 0 saturated carbocycles. The molecule has 0 aliphatic rings. The SMILES string of the molecule is CCCCSSSCCCC. The zero-order valence-electron chi connectivity index (χ0n) is 7.47. The van der Waals surface area contributed by atoms with Crippen molar-refractivity contribution in [2.24, 2.45) is 0 Å². The van der Waals surface area contributed by atoms with Gasteiger partial charge in [0.05, 0.1) is 0 Å². The second kappa shape index (κ2) is 11.1. The van der Waals surface area contributed by atoms with Crippen LogP contribution >= 0.6 is 31.4 Å². The van der Waals surface area contributed by atoms with Gasteiger partial charge < -0.3 is 0 Å². The topological polar surface area (TPSA) is 0 Å². The van der Waals surface area contributed by atoms with Gasteiger partial charge in [0.1, 0.15) is 0 Å². The van der Waals surface area contributed by atoms with Gasteiger partial charge in [-0.3, -0.25) is 0 Å². The Morgan fingerprint density at radius 3 is 1.64 bits per heavy atom. The van der Waals surface area contributed by atoms with E-state index in [4.69, 9.17) is 0 Å². The molecule has 0 atom stereocenters. The summed E-state index contributed by atoms with van der Waals surface area (Å²) in [5.74, 6) is 2.64. The molecule has 0 unspecified atom stereocenters. The summed E-state index contributed by atoms with van der Waals surface area (Å²) < 4.78 is 0. The van der Waals surface area contributed by atoms with Crippen LogP contribution in [0.2, 0.25) is 0 Å². The van der Waals surface area contributed by atoms with Gasteiger partial charge in [0.15, 0.2) is 0 Å². The van der Waals surface area contributed by atoms with E-state index in [9.17, 15) is 0 Å². The maximum absolute atomic E-state index is 2.25. The molecule has 0 aliphatic heterocycles. The summed E-state index contributed by atoms with van der Waals surface area (Å²) in [6.07, 6.45) is 5.39. The van der Waals surface area contributed by atoms with E-state index in [1.165, 1.54) is 37.2 Å². The second-order valence-electron chi connectivity index (χ2n) is 2.42. The molecule has 0 fully saturated rings. The molecule has 0 amide bonds. The van der Waals surface area contributed by atoms with Crippen LogP contribution in [0.15, 0.2) is 0 Å². The molecule has 0 radical (unpaired) electrons. The first-order valence-corrected chi connectivity index (χ1v) is 8.15. The Balaban J connectivity index is 2.69. The summed E-state index contributed by atoms with van der Waals surface area (Å²) >= 11 is 0. The first kappa shape index (κ1) is 12.0. The molecule has 0 aromatic carbocycles. The van der Waals surface area contributed by atoms with Crippen LogP contribution in [0, 0.1) is 0 Å². The van der Waals surface area contributed by atoms with Crippen LogP contribution in [0.1, 0.15) is 39.5 Å². The fourth-order valence-electron chi connectivity index (χ4n) is 0.509. The minimum absolute atomic E-state index is 1.32. The van der Waals surface area contributed by atoms with Gasteiger partial charge in [0, 0.05) is 11.5 Å². The zero-order valence-corrected chi connectivity index (χ0v) is 9.92. The van der Waals surface area contributed by atoms with Crippen molar-refractivity contribution in [2.45, 2.75) is 39.5 Å². The Morgan fingerprint density at radius 2 is 1.27 bits per heavy atom. The fourth-order valence-corrected chi connectivity index (χ4v) is 4.68. The number of unbranched alkanes of at least 4 members (excludes halogenated alkanes) is 2. The van der Waals surface area contributed by atoms with Crippen molar-refractivity contribution in [3.05, 3.63) is 0 Å². The summed E-state index contributed by atoms with van der Waals surface area (Å²) in [5, 5.41) is 0. The van der Waals surface area contributed by atoms with Crippen LogP contribution in [-0.2, 0) is 0 Å². The average Bonchev–Trinajstić information content (AvgIpc) is 2.03.